The van der Waals surface area contributed by atoms with Crippen LogP contribution in [-0.2, 0) is 17.6 Å². The molecule has 1 aromatic carbocycles. The first-order valence-corrected chi connectivity index (χ1v) is 7.97. The average molecular weight is 304 g/mol. The maximum absolute atomic E-state index is 12.2. The Morgan fingerprint density at radius 2 is 2.18 bits per heavy atom. The number of hydrogen-bond donors (Lipinski definition) is 2. The molecule has 0 spiro atoms. The molecular weight excluding hydrogens is 280 g/mol. The van der Waals surface area contributed by atoms with Gasteiger partial charge in [0.05, 0.1) is 0 Å². The smallest absolute Gasteiger partial charge is 0.342 e. The summed E-state index contributed by atoms with van der Waals surface area (Å²) in [5.74, 6) is -0.520. The fraction of sp³-hybridized carbons (Fsp3) is 0.500. The molecule has 4 heteroatoms. The molecule has 1 aromatic rings. The van der Waals surface area contributed by atoms with Crippen molar-refractivity contribution in [1.82, 2.24) is 0 Å². The van der Waals surface area contributed by atoms with Gasteiger partial charge in [-0.2, -0.15) is 0 Å². The van der Waals surface area contributed by atoms with Crippen LogP contribution in [0, 0.1) is 0 Å². The summed E-state index contributed by atoms with van der Waals surface area (Å²) in [7, 11) is 0. The van der Waals surface area contributed by atoms with E-state index >= 15 is 0 Å². The molecule has 0 amide bonds. The van der Waals surface area contributed by atoms with E-state index in [1.54, 1.807) is 6.07 Å². The molecule has 120 valence electrons. The van der Waals surface area contributed by atoms with Crippen LogP contribution in [0.25, 0.3) is 0 Å². The molecule has 0 fully saturated rings. The molecule has 0 bridgehead atoms. The molecule has 1 aliphatic heterocycles. The fourth-order valence-electron chi connectivity index (χ4n) is 2.84. The van der Waals surface area contributed by atoms with Gasteiger partial charge < -0.3 is 14.9 Å². The molecule has 4 nitrogen and oxygen atoms in total. The Labute approximate surface area is 131 Å². The van der Waals surface area contributed by atoms with E-state index < -0.39 is 5.97 Å². The van der Waals surface area contributed by atoms with Gasteiger partial charge in [0.15, 0.2) is 0 Å². The van der Waals surface area contributed by atoms with Crippen molar-refractivity contribution >= 4 is 5.97 Å². The quantitative estimate of drug-likeness (QED) is 0.618. The van der Waals surface area contributed by atoms with Gasteiger partial charge in [-0.05, 0) is 44.2 Å². The zero-order chi connectivity index (χ0) is 16.1. The van der Waals surface area contributed by atoms with Crippen LogP contribution in [0.15, 0.2) is 18.2 Å². The molecule has 0 unspecified atom stereocenters. The topological polar surface area (TPSA) is 66.8 Å². The Morgan fingerprint density at radius 3 is 2.86 bits per heavy atom. The number of fused-ring (bicyclic) bond motifs is 1. The predicted octanol–water partition coefficient (Wildman–Crippen LogP) is 3.88. The van der Waals surface area contributed by atoms with Gasteiger partial charge in [0.1, 0.15) is 23.2 Å². The Morgan fingerprint density at radius 1 is 1.41 bits per heavy atom. The molecule has 0 aliphatic carbocycles. The highest BCUT2D eigenvalue weighted by Crippen LogP contribution is 2.38. The maximum atomic E-state index is 12.2. The minimum absolute atomic E-state index is 0.0756. The highest BCUT2D eigenvalue weighted by Gasteiger charge is 2.31. The molecule has 0 saturated carbocycles. The Bertz CT molecular complexity index is 575. The van der Waals surface area contributed by atoms with Crippen LogP contribution >= 0.6 is 0 Å². The lowest BCUT2D eigenvalue weighted by Crippen LogP contribution is -2.28. The van der Waals surface area contributed by atoms with Crippen LogP contribution in [0.4, 0.5) is 0 Å². The average Bonchev–Trinajstić information content (AvgIpc) is 2.46. The van der Waals surface area contributed by atoms with E-state index in [1.165, 1.54) is 0 Å². The number of esters is 1. The van der Waals surface area contributed by atoms with Gasteiger partial charge in [-0.15, -0.1) is 0 Å². The molecule has 1 heterocycles. The summed E-state index contributed by atoms with van der Waals surface area (Å²) >= 11 is 0. The minimum Gasteiger partial charge on any atom is -0.508 e. The van der Waals surface area contributed by atoms with E-state index in [-0.39, 0.29) is 23.2 Å². The third-order valence-electron chi connectivity index (χ3n) is 4.06. The van der Waals surface area contributed by atoms with Gasteiger partial charge in [-0.3, -0.25) is 0 Å². The number of allylic oxidation sites excluding steroid dienone is 2. The second kappa shape index (κ2) is 7.34. The summed E-state index contributed by atoms with van der Waals surface area (Å²) in [6.45, 7) is 3.99. The van der Waals surface area contributed by atoms with Crippen molar-refractivity contribution in [1.29, 1.82) is 0 Å². The first kappa shape index (κ1) is 16.4. The van der Waals surface area contributed by atoms with Crippen molar-refractivity contribution in [3.05, 3.63) is 34.9 Å². The third-order valence-corrected chi connectivity index (χ3v) is 4.06. The number of unbranched alkanes of at least 4 members (excludes halogenated alkanes) is 1. The summed E-state index contributed by atoms with van der Waals surface area (Å²) < 4.78 is 5.43. The van der Waals surface area contributed by atoms with E-state index in [2.05, 4.69) is 0 Å². The lowest BCUT2D eigenvalue weighted by molar-refractivity contribution is 0.0235. The highest BCUT2D eigenvalue weighted by molar-refractivity contribution is 5.96. The number of cyclic esters (lactones) is 1. The summed E-state index contributed by atoms with van der Waals surface area (Å²) in [5, 5.41) is 20.5. The first-order chi connectivity index (χ1) is 10.6. The summed E-state index contributed by atoms with van der Waals surface area (Å²) in [6.07, 6.45) is 8.28. The largest absolute Gasteiger partial charge is 0.508 e. The van der Waals surface area contributed by atoms with Gasteiger partial charge in [0.25, 0.3) is 0 Å². The molecule has 2 rings (SSSR count). The number of benzene rings is 1. The number of ether oxygens (including phenoxy) is 1. The van der Waals surface area contributed by atoms with Crippen LogP contribution < -0.4 is 0 Å². The summed E-state index contributed by atoms with van der Waals surface area (Å²) in [6, 6.07) is 1.61. The summed E-state index contributed by atoms with van der Waals surface area (Å²) in [5.41, 5.74) is 1.35. The van der Waals surface area contributed by atoms with Crippen molar-refractivity contribution in [2.45, 2.75) is 58.5 Å². The SMILES string of the molecule is C/C=C/CC[C@@H]1Cc2cc(O)c(CCCC)c(O)c2C(=O)O1. The van der Waals surface area contributed by atoms with Crippen LogP contribution in [0.5, 0.6) is 11.5 Å². The van der Waals surface area contributed by atoms with E-state index in [0.29, 0.717) is 24.0 Å². The minimum atomic E-state index is -0.484. The van der Waals surface area contributed by atoms with E-state index in [4.69, 9.17) is 4.74 Å². The Kier molecular flexibility index (Phi) is 5.47. The molecule has 2 N–H and O–H groups in total. The second-order valence-corrected chi connectivity index (χ2v) is 5.74. The van der Waals surface area contributed by atoms with Crippen molar-refractivity contribution < 1.29 is 19.7 Å². The van der Waals surface area contributed by atoms with E-state index in [1.807, 2.05) is 26.0 Å². The standard InChI is InChI=1S/C18H24O4/c1-3-5-7-8-13-10-12-11-15(19)14(9-6-4-2)17(20)16(12)18(21)22-13/h3,5,11,13,19-20H,4,6-10H2,1-2H3/b5-3+/t13-/m1/s1. The first-order valence-electron chi connectivity index (χ1n) is 7.97. The second-order valence-electron chi connectivity index (χ2n) is 5.74. The monoisotopic (exact) mass is 304 g/mol. The van der Waals surface area contributed by atoms with E-state index in [9.17, 15) is 15.0 Å². The van der Waals surface area contributed by atoms with Crippen LogP contribution in [0.1, 0.15) is 61.0 Å². The van der Waals surface area contributed by atoms with Crippen molar-refractivity contribution in [3.63, 3.8) is 0 Å². The zero-order valence-electron chi connectivity index (χ0n) is 13.3. The van der Waals surface area contributed by atoms with Crippen LogP contribution in [-0.4, -0.2) is 22.3 Å². The molecule has 22 heavy (non-hydrogen) atoms. The zero-order valence-corrected chi connectivity index (χ0v) is 13.3. The number of carbonyl (C=O) groups is 1. The maximum Gasteiger partial charge on any atom is 0.342 e. The van der Waals surface area contributed by atoms with Crippen molar-refractivity contribution in [3.8, 4) is 11.5 Å². The lowest BCUT2D eigenvalue weighted by Gasteiger charge is -2.26. The van der Waals surface area contributed by atoms with Crippen molar-refractivity contribution in [2.75, 3.05) is 0 Å². The predicted molar refractivity (Wildman–Crippen MR) is 85.3 cm³/mol. The van der Waals surface area contributed by atoms with Gasteiger partial charge >= 0.3 is 5.97 Å². The van der Waals surface area contributed by atoms with Gasteiger partial charge in [-0.1, -0.05) is 25.5 Å². The summed E-state index contributed by atoms with van der Waals surface area (Å²) in [4.78, 5) is 12.2. The molecule has 0 saturated heterocycles. The number of carbonyl (C=O) groups excluding carboxylic acids is 1. The Hall–Kier alpha value is -1.97. The van der Waals surface area contributed by atoms with E-state index in [0.717, 1.165) is 25.7 Å². The van der Waals surface area contributed by atoms with Gasteiger partial charge in [0, 0.05) is 12.0 Å². The molecular formula is C18H24O4. The number of hydrogen-bond acceptors (Lipinski definition) is 4. The Balaban J connectivity index is 2.26. The van der Waals surface area contributed by atoms with Gasteiger partial charge in [0.2, 0.25) is 0 Å². The number of phenols is 2. The molecule has 0 aromatic heterocycles. The fourth-order valence-corrected chi connectivity index (χ4v) is 2.84. The normalized spacial score (nSPS) is 17.5. The molecule has 1 aliphatic rings. The molecule has 1 atom stereocenters. The highest BCUT2D eigenvalue weighted by atomic mass is 16.5. The van der Waals surface area contributed by atoms with Crippen LogP contribution in [0.2, 0.25) is 0 Å². The third kappa shape index (κ3) is 3.43. The van der Waals surface area contributed by atoms with Gasteiger partial charge in [-0.25, -0.2) is 4.79 Å². The van der Waals surface area contributed by atoms with Crippen LogP contribution in [0.3, 0.4) is 0 Å². The lowest BCUT2D eigenvalue weighted by atomic mass is 9.91. The number of aromatic hydroxyl groups is 2. The number of rotatable bonds is 6. The molecule has 0 radical (unpaired) electrons. The van der Waals surface area contributed by atoms with Crippen molar-refractivity contribution in [2.24, 2.45) is 0 Å². The number of phenolic OH excluding ortho intramolecular Hbond substituents is 2.